The molecular formula is C19H24N3O4S2+. The van der Waals surface area contributed by atoms with Gasteiger partial charge in [-0.25, -0.2) is 8.42 Å². The summed E-state index contributed by atoms with van der Waals surface area (Å²) in [6, 6.07) is 14.0. The van der Waals surface area contributed by atoms with E-state index in [1.807, 2.05) is 0 Å². The van der Waals surface area contributed by atoms with E-state index in [0.29, 0.717) is 26.2 Å². The highest BCUT2D eigenvalue weighted by Crippen LogP contribution is 2.26. The number of aryl methyl sites for hydroxylation is 1. The average molecular weight is 423 g/mol. The van der Waals surface area contributed by atoms with Gasteiger partial charge in [0.05, 0.1) is 37.6 Å². The van der Waals surface area contributed by atoms with E-state index in [9.17, 15) is 18.5 Å². The summed E-state index contributed by atoms with van der Waals surface area (Å²) in [5.41, 5.74) is 0.873. The summed E-state index contributed by atoms with van der Waals surface area (Å²) < 4.78 is 27.1. The van der Waals surface area contributed by atoms with Crippen LogP contribution in [0.25, 0.3) is 0 Å². The van der Waals surface area contributed by atoms with Gasteiger partial charge in [0.15, 0.2) is 4.90 Å². The van der Waals surface area contributed by atoms with Crippen molar-refractivity contribution in [3.8, 4) is 0 Å². The van der Waals surface area contributed by atoms with Crippen molar-refractivity contribution >= 4 is 27.5 Å². The van der Waals surface area contributed by atoms with Gasteiger partial charge in [0.1, 0.15) is 0 Å². The minimum atomic E-state index is -3.86. The molecule has 0 spiro atoms. The lowest BCUT2D eigenvalue weighted by Gasteiger charge is -2.31. The molecule has 0 amide bonds. The van der Waals surface area contributed by atoms with Crippen LogP contribution in [-0.2, 0) is 10.0 Å². The summed E-state index contributed by atoms with van der Waals surface area (Å²) in [4.78, 5) is 12.9. The number of hydrogen-bond acceptors (Lipinski definition) is 5. The summed E-state index contributed by atoms with van der Waals surface area (Å²) in [6.45, 7) is 5.18. The molecule has 0 unspecified atom stereocenters. The van der Waals surface area contributed by atoms with E-state index in [-0.39, 0.29) is 10.6 Å². The van der Waals surface area contributed by atoms with Gasteiger partial charge in [0, 0.05) is 16.7 Å². The third-order valence-corrected chi connectivity index (χ3v) is 7.81. The van der Waals surface area contributed by atoms with Crippen molar-refractivity contribution in [1.82, 2.24) is 4.31 Å². The number of nitro benzene ring substituents is 1. The van der Waals surface area contributed by atoms with Crippen LogP contribution in [0.5, 0.6) is 0 Å². The highest BCUT2D eigenvalue weighted by Gasteiger charge is 2.34. The Morgan fingerprint density at radius 3 is 2.39 bits per heavy atom. The molecule has 3 rings (SSSR count). The van der Waals surface area contributed by atoms with E-state index >= 15 is 0 Å². The van der Waals surface area contributed by atoms with Crippen LogP contribution in [0.2, 0.25) is 0 Å². The number of piperazine rings is 1. The van der Waals surface area contributed by atoms with Gasteiger partial charge in [-0.2, -0.15) is 4.31 Å². The largest absolute Gasteiger partial charge is 0.332 e. The molecule has 0 radical (unpaired) electrons. The third kappa shape index (κ3) is 4.91. The van der Waals surface area contributed by atoms with Crippen molar-refractivity contribution in [2.45, 2.75) is 16.7 Å². The summed E-state index contributed by atoms with van der Waals surface area (Å²) >= 11 is 1.80. The summed E-state index contributed by atoms with van der Waals surface area (Å²) in [5, 5.41) is 11.2. The molecule has 9 heteroatoms. The second kappa shape index (κ2) is 9.04. The van der Waals surface area contributed by atoms with Crippen LogP contribution in [0.1, 0.15) is 5.56 Å². The molecule has 1 aliphatic heterocycles. The first-order valence-corrected chi connectivity index (χ1v) is 11.6. The van der Waals surface area contributed by atoms with Crippen molar-refractivity contribution in [2.24, 2.45) is 0 Å². The van der Waals surface area contributed by atoms with Crippen LogP contribution in [0, 0.1) is 17.0 Å². The molecule has 28 heavy (non-hydrogen) atoms. The number of nitro groups is 1. The lowest BCUT2D eigenvalue weighted by Crippen LogP contribution is -3.15. The molecule has 0 bridgehead atoms. The topological polar surface area (TPSA) is 85.0 Å². The van der Waals surface area contributed by atoms with E-state index in [0.717, 1.165) is 12.3 Å². The first-order valence-electron chi connectivity index (χ1n) is 9.14. The molecule has 0 aromatic heterocycles. The van der Waals surface area contributed by atoms with E-state index in [2.05, 4.69) is 31.2 Å². The van der Waals surface area contributed by atoms with Crippen LogP contribution >= 0.6 is 11.8 Å². The summed E-state index contributed by atoms with van der Waals surface area (Å²) in [6.07, 6.45) is 0. The molecule has 1 fully saturated rings. The zero-order valence-electron chi connectivity index (χ0n) is 15.7. The average Bonchev–Trinajstić information content (AvgIpc) is 2.70. The molecule has 2 aromatic carbocycles. The van der Waals surface area contributed by atoms with Gasteiger partial charge in [0.25, 0.3) is 5.69 Å². The molecule has 0 aliphatic carbocycles. The maximum absolute atomic E-state index is 12.9. The second-order valence-corrected chi connectivity index (χ2v) is 9.87. The van der Waals surface area contributed by atoms with Gasteiger partial charge in [0.2, 0.25) is 10.0 Å². The fourth-order valence-corrected chi connectivity index (χ4v) is 5.76. The Morgan fingerprint density at radius 2 is 1.75 bits per heavy atom. The van der Waals surface area contributed by atoms with Gasteiger partial charge in [-0.1, -0.05) is 29.8 Å². The van der Waals surface area contributed by atoms with Crippen molar-refractivity contribution in [1.29, 1.82) is 0 Å². The predicted octanol–water partition coefficient (Wildman–Crippen LogP) is 1.58. The highest BCUT2D eigenvalue weighted by molar-refractivity contribution is 7.99. The quantitative estimate of drug-likeness (QED) is 0.416. The van der Waals surface area contributed by atoms with Crippen LogP contribution in [0.15, 0.2) is 58.3 Å². The zero-order valence-corrected chi connectivity index (χ0v) is 17.3. The molecule has 150 valence electrons. The van der Waals surface area contributed by atoms with Crippen molar-refractivity contribution in [2.75, 3.05) is 38.5 Å². The Labute approximate surface area is 169 Å². The first-order chi connectivity index (χ1) is 13.4. The zero-order chi connectivity index (χ0) is 20.1. The number of rotatable bonds is 7. The van der Waals surface area contributed by atoms with Gasteiger partial charge in [-0.15, -0.1) is 11.8 Å². The third-order valence-electron chi connectivity index (χ3n) is 4.85. The molecule has 1 saturated heterocycles. The van der Waals surface area contributed by atoms with Gasteiger partial charge in [-0.3, -0.25) is 10.1 Å². The van der Waals surface area contributed by atoms with Crippen LogP contribution in [0.4, 0.5) is 5.69 Å². The minimum absolute atomic E-state index is 0.224. The minimum Gasteiger partial charge on any atom is -0.332 e. The number of nitrogens with zero attached hydrogens (tertiary/aromatic N) is 2. The highest BCUT2D eigenvalue weighted by atomic mass is 32.2. The van der Waals surface area contributed by atoms with Gasteiger partial charge < -0.3 is 4.90 Å². The molecular weight excluding hydrogens is 398 g/mol. The molecule has 0 saturated carbocycles. The van der Waals surface area contributed by atoms with Crippen molar-refractivity contribution in [3.05, 3.63) is 64.2 Å². The molecule has 7 nitrogen and oxygen atoms in total. The van der Waals surface area contributed by atoms with Crippen LogP contribution < -0.4 is 4.90 Å². The lowest BCUT2D eigenvalue weighted by atomic mass is 10.2. The second-order valence-electron chi connectivity index (χ2n) is 6.79. The number of quaternary nitrogens is 1. The number of hydrogen-bond donors (Lipinski definition) is 1. The number of benzene rings is 2. The Kier molecular flexibility index (Phi) is 6.71. The molecule has 1 N–H and O–H groups in total. The van der Waals surface area contributed by atoms with Crippen LogP contribution in [0.3, 0.4) is 0 Å². The molecule has 2 aromatic rings. The summed E-state index contributed by atoms with van der Waals surface area (Å²) in [5.74, 6) is 0.968. The molecule has 1 heterocycles. The van der Waals surface area contributed by atoms with E-state index in [4.69, 9.17) is 0 Å². The van der Waals surface area contributed by atoms with E-state index in [1.54, 1.807) is 11.8 Å². The maximum atomic E-state index is 12.9. The Bertz CT molecular complexity index is 924. The van der Waals surface area contributed by atoms with Crippen molar-refractivity contribution < 1.29 is 18.2 Å². The van der Waals surface area contributed by atoms with E-state index < -0.39 is 14.9 Å². The Morgan fingerprint density at radius 1 is 1.11 bits per heavy atom. The number of sulfonamides is 1. The maximum Gasteiger partial charge on any atom is 0.289 e. The summed E-state index contributed by atoms with van der Waals surface area (Å²) in [7, 11) is -3.86. The number of nitrogens with one attached hydrogen (secondary N) is 1. The normalized spacial score (nSPS) is 16.2. The molecule has 1 aliphatic rings. The smallest absolute Gasteiger partial charge is 0.289 e. The van der Waals surface area contributed by atoms with Crippen LogP contribution in [-0.4, -0.2) is 56.1 Å². The fraction of sp³-hybridized carbons (Fsp3) is 0.368. The standard InChI is InChI=1S/C19H23N3O4S2/c1-16-6-8-17(9-7-16)27-15-14-20-10-12-21(13-11-20)28(25,26)19-5-3-2-4-18(19)22(23)24/h2-9H,10-15H2,1H3/p+1. The Balaban J connectivity index is 1.54. The lowest BCUT2D eigenvalue weighted by molar-refractivity contribution is -0.901. The Hall–Kier alpha value is -1.94. The van der Waals surface area contributed by atoms with Gasteiger partial charge in [-0.05, 0) is 25.1 Å². The van der Waals surface area contributed by atoms with E-state index in [1.165, 1.54) is 43.9 Å². The van der Waals surface area contributed by atoms with Gasteiger partial charge >= 0.3 is 0 Å². The SMILES string of the molecule is Cc1ccc(SCC[NH+]2CCN(S(=O)(=O)c3ccccc3[N+](=O)[O-])CC2)cc1. The monoisotopic (exact) mass is 422 g/mol. The number of para-hydroxylation sites is 1. The predicted molar refractivity (Wildman–Crippen MR) is 109 cm³/mol. The molecule has 0 atom stereocenters. The fourth-order valence-electron chi connectivity index (χ4n) is 3.21. The number of thioether (sulfide) groups is 1. The van der Waals surface area contributed by atoms with Crippen molar-refractivity contribution in [3.63, 3.8) is 0 Å². The first kappa shape index (κ1) is 20.8.